The maximum absolute atomic E-state index is 12.8. The van der Waals surface area contributed by atoms with Crippen LogP contribution in [0, 0.1) is 5.92 Å². The molecule has 1 aromatic carbocycles. The number of H-pyrrole nitrogens is 1. The molecule has 0 atom stereocenters. The first-order chi connectivity index (χ1) is 15.4. The number of nitrogens with two attached hydrogens (primary N) is 1. The number of rotatable bonds is 11. The van der Waals surface area contributed by atoms with Crippen molar-refractivity contribution in [3.63, 3.8) is 0 Å². The third-order valence-corrected chi connectivity index (χ3v) is 6.41. The summed E-state index contributed by atoms with van der Waals surface area (Å²) in [6.45, 7) is 4.57. The Kier molecular flexibility index (Phi) is 7.76. The zero-order chi connectivity index (χ0) is 23.3. The number of aryl methyl sites for hydroxylation is 1. The average Bonchev–Trinajstić information content (AvgIpc) is 3.40. The van der Waals surface area contributed by atoms with Crippen molar-refractivity contribution >= 4 is 45.0 Å². The van der Waals surface area contributed by atoms with Crippen LogP contribution in [-0.4, -0.2) is 39.3 Å². The van der Waals surface area contributed by atoms with E-state index in [1.54, 1.807) is 23.6 Å². The van der Waals surface area contributed by atoms with Crippen molar-refractivity contribution in [2.45, 2.75) is 46.0 Å². The van der Waals surface area contributed by atoms with Crippen LogP contribution in [0.5, 0.6) is 0 Å². The van der Waals surface area contributed by atoms with Gasteiger partial charge in [-0.2, -0.15) is 0 Å². The molecule has 9 heteroatoms. The fraction of sp³-hybridized carbons (Fsp3) is 0.391. The van der Waals surface area contributed by atoms with Crippen molar-refractivity contribution in [2.24, 2.45) is 11.7 Å². The van der Waals surface area contributed by atoms with Gasteiger partial charge in [-0.25, -0.2) is 9.78 Å². The molecule has 32 heavy (non-hydrogen) atoms. The molecular formula is C23H28N4O4S. The molecule has 0 radical (unpaired) electrons. The van der Waals surface area contributed by atoms with Crippen molar-refractivity contribution < 1.29 is 19.5 Å². The molecule has 0 spiro atoms. The maximum atomic E-state index is 12.8. The van der Waals surface area contributed by atoms with Crippen molar-refractivity contribution in [3.05, 3.63) is 46.1 Å². The molecule has 0 saturated carbocycles. The van der Waals surface area contributed by atoms with E-state index < -0.39 is 5.97 Å². The average molecular weight is 457 g/mol. The molecule has 2 heterocycles. The minimum Gasteiger partial charge on any atom is -0.477 e. The molecule has 0 aliphatic rings. The first-order valence-electron chi connectivity index (χ1n) is 10.8. The van der Waals surface area contributed by atoms with Gasteiger partial charge in [-0.05, 0) is 49.1 Å². The molecule has 0 fully saturated rings. The SMILES string of the molecule is CCC(CC)CC(=O)c1csc(NC(=O)c2ccc3[nH]c(C(=O)O)c(CCCN)c3c2)n1. The van der Waals surface area contributed by atoms with E-state index in [9.17, 15) is 19.5 Å². The summed E-state index contributed by atoms with van der Waals surface area (Å²) in [7, 11) is 0. The molecule has 8 nitrogen and oxygen atoms in total. The van der Waals surface area contributed by atoms with Crippen molar-refractivity contribution in [1.82, 2.24) is 9.97 Å². The number of thiazole rings is 1. The number of nitrogens with zero attached hydrogens (tertiary/aromatic N) is 1. The lowest BCUT2D eigenvalue weighted by molar-refractivity contribution is 0.0689. The highest BCUT2D eigenvalue weighted by molar-refractivity contribution is 7.14. The van der Waals surface area contributed by atoms with Gasteiger partial charge >= 0.3 is 5.97 Å². The lowest BCUT2D eigenvalue weighted by Gasteiger charge is -2.09. The summed E-state index contributed by atoms with van der Waals surface area (Å²) in [6, 6.07) is 4.99. The van der Waals surface area contributed by atoms with Gasteiger partial charge in [0.15, 0.2) is 10.9 Å². The maximum Gasteiger partial charge on any atom is 0.352 e. The minimum absolute atomic E-state index is 0.0186. The Morgan fingerprint density at radius 2 is 2.00 bits per heavy atom. The number of aromatic nitrogens is 2. The fourth-order valence-corrected chi connectivity index (χ4v) is 4.39. The Balaban J connectivity index is 1.79. The first-order valence-corrected chi connectivity index (χ1v) is 11.6. The fourth-order valence-electron chi connectivity index (χ4n) is 3.68. The van der Waals surface area contributed by atoms with Gasteiger partial charge < -0.3 is 15.8 Å². The van der Waals surface area contributed by atoms with Crippen LogP contribution < -0.4 is 11.1 Å². The third-order valence-electron chi connectivity index (χ3n) is 5.65. The number of ketones is 1. The summed E-state index contributed by atoms with van der Waals surface area (Å²) >= 11 is 1.21. The molecule has 1 amide bonds. The van der Waals surface area contributed by atoms with Crippen LogP contribution in [0.1, 0.15) is 76.4 Å². The van der Waals surface area contributed by atoms with E-state index in [-0.39, 0.29) is 17.4 Å². The smallest absolute Gasteiger partial charge is 0.352 e. The Labute approximate surface area is 190 Å². The lowest BCUT2D eigenvalue weighted by Crippen LogP contribution is -2.12. The van der Waals surface area contributed by atoms with Gasteiger partial charge in [-0.15, -0.1) is 11.3 Å². The number of hydrogen-bond donors (Lipinski definition) is 4. The molecule has 2 aromatic heterocycles. The van der Waals surface area contributed by atoms with Gasteiger partial charge in [0.05, 0.1) is 0 Å². The van der Waals surface area contributed by atoms with E-state index in [0.29, 0.717) is 64.6 Å². The number of amides is 1. The number of Topliss-reactive ketones (excluding diaryl/α,β-unsaturated/α-hetero) is 1. The van der Waals surface area contributed by atoms with Gasteiger partial charge in [-0.3, -0.25) is 14.9 Å². The van der Waals surface area contributed by atoms with E-state index in [4.69, 9.17) is 5.73 Å². The van der Waals surface area contributed by atoms with E-state index in [1.807, 2.05) is 0 Å². The highest BCUT2D eigenvalue weighted by Crippen LogP contribution is 2.26. The molecule has 3 rings (SSSR count). The summed E-state index contributed by atoms with van der Waals surface area (Å²) < 4.78 is 0. The van der Waals surface area contributed by atoms with Crippen LogP contribution in [0.2, 0.25) is 0 Å². The van der Waals surface area contributed by atoms with E-state index >= 15 is 0 Å². The van der Waals surface area contributed by atoms with Gasteiger partial charge in [0.1, 0.15) is 11.4 Å². The van der Waals surface area contributed by atoms with Crippen LogP contribution >= 0.6 is 11.3 Å². The Morgan fingerprint density at radius 1 is 1.25 bits per heavy atom. The van der Waals surface area contributed by atoms with Crippen LogP contribution in [0.3, 0.4) is 0 Å². The highest BCUT2D eigenvalue weighted by Gasteiger charge is 2.19. The minimum atomic E-state index is -1.05. The zero-order valence-electron chi connectivity index (χ0n) is 18.2. The van der Waals surface area contributed by atoms with Crippen LogP contribution in [0.25, 0.3) is 10.9 Å². The first kappa shape index (κ1) is 23.6. The predicted molar refractivity (Wildman–Crippen MR) is 126 cm³/mol. The third kappa shape index (κ3) is 5.23. The van der Waals surface area contributed by atoms with E-state index in [1.165, 1.54) is 11.3 Å². The molecule has 0 aliphatic heterocycles. The Bertz CT molecular complexity index is 1130. The number of carbonyl (C=O) groups is 3. The number of anilines is 1. The molecule has 3 aromatic rings. The van der Waals surface area contributed by atoms with Crippen molar-refractivity contribution in [2.75, 3.05) is 11.9 Å². The number of carbonyl (C=O) groups excluding carboxylic acids is 2. The number of nitrogens with one attached hydrogen (secondary N) is 2. The number of aromatic amines is 1. The molecule has 170 valence electrons. The molecule has 0 aliphatic carbocycles. The number of benzene rings is 1. The molecule has 0 saturated heterocycles. The number of aromatic carboxylic acids is 1. The van der Waals surface area contributed by atoms with Crippen molar-refractivity contribution in [1.29, 1.82) is 0 Å². The summed E-state index contributed by atoms with van der Waals surface area (Å²) in [6.07, 6.45) is 3.46. The zero-order valence-corrected chi connectivity index (χ0v) is 19.1. The normalized spacial score (nSPS) is 11.2. The Morgan fingerprint density at radius 3 is 2.66 bits per heavy atom. The van der Waals surface area contributed by atoms with Crippen molar-refractivity contribution in [3.8, 4) is 0 Å². The number of hydrogen-bond acceptors (Lipinski definition) is 6. The van der Waals surface area contributed by atoms with Crippen LogP contribution in [0.4, 0.5) is 5.13 Å². The quantitative estimate of drug-likeness (QED) is 0.314. The summed E-state index contributed by atoms with van der Waals surface area (Å²) in [5, 5.41) is 14.9. The largest absolute Gasteiger partial charge is 0.477 e. The standard InChI is InChI=1S/C23H28N4O4S/c1-3-13(4-2)10-19(28)18-12-32-23(26-18)27-21(29)14-7-8-17-16(11-14)15(6-5-9-24)20(25-17)22(30)31/h7-8,11-13,25H,3-6,9-10,24H2,1-2H3,(H,30,31)(H,26,27,29). The van der Waals surface area contributed by atoms with Gasteiger partial charge in [0.25, 0.3) is 5.91 Å². The van der Waals surface area contributed by atoms with Crippen LogP contribution in [0.15, 0.2) is 23.6 Å². The number of fused-ring (bicyclic) bond motifs is 1. The number of carboxylic acid groups (broad SMARTS) is 1. The van der Waals surface area contributed by atoms with Gasteiger partial charge in [-0.1, -0.05) is 26.7 Å². The second kappa shape index (κ2) is 10.5. The molecule has 0 unspecified atom stereocenters. The lowest BCUT2D eigenvalue weighted by atomic mass is 9.96. The Hall–Kier alpha value is -3.04. The topological polar surface area (TPSA) is 138 Å². The summed E-state index contributed by atoms with van der Waals surface area (Å²) in [5.41, 5.74) is 7.74. The van der Waals surface area contributed by atoms with E-state index in [0.717, 1.165) is 12.8 Å². The summed E-state index contributed by atoms with van der Waals surface area (Å²) in [4.78, 5) is 44.0. The van der Waals surface area contributed by atoms with Gasteiger partial charge in [0, 0.05) is 28.3 Å². The van der Waals surface area contributed by atoms with Crippen LogP contribution in [-0.2, 0) is 6.42 Å². The monoisotopic (exact) mass is 456 g/mol. The van der Waals surface area contributed by atoms with Gasteiger partial charge in [0.2, 0.25) is 0 Å². The van der Waals surface area contributed by atoms with E-state index in [2.05, 4.69) is 29.1 Å². The molecular weight excluding hydrogens is 428 g/mol. The second-order valence-corrected chi connectivity index (χ2v) is 8.60. The highest BCUT2D eigenvalue weighted by atomic mass is 32.1. The molecule has 5 N–H and O–H groups in total. The summed E-state index contributed by atoms with van der Waals surface area (Å²) in [5.74, 6) is -1.11. The molecule has 0 bridgehead atoms. The second-order valence-electron chi connectivity index (χ2n) is 7.74. The number of carboxylic acids is 1. The predicted octanol–water partition coefficient (Wildman–Crippen LogP) is 4.48.